The van der Waals surface area contributed by atoms with E-state index in [4.69, 9.17) is 5.73 Å². The van der Waals surface area contributed by atoms with Gasteiger partial charge in [0.25, 0.3) is 0 Å². The fourth-order valence-electron chi connectivity index (χ4n) is 3.49. The predicted molar refractivity (Wildman–Crippen MR) is 79.3 cm³/mol. The van der Waals surface area contributed by atoms with Gasteiger partial charge in [-0.3, -0.25) is 9.69 Å². The summed E-state index contributed by atoms with van der Waals surface area (Å²) in [7, 11) is 0. The fraction of sp³-hybridized carbons (Fsp3) is 0.562. The molecule has 1 aromatic carbocycles. The van der Waals surface area contributed by atoms with Crippen LogP contribution in [0.15, 0.2) is 24.3 Å². The third-order valence-corrected chi connectivity index (χ3v) is 4.54. The summed E-state index contributed by atoms with van der Waals surface area (Å²) in [6.07, 6.45) is 4.60. The van der Waals surface area contributed by atoms with E-state index in [1.165, 1.54) is 24.0 Å². The van der Waals surface area contributed by atoms with Gasteiger partial charge in [0.15, 0.2) is 0 Å². The lowest BCUT2D eigenvalue weighted by Gasteiger charge is -2.33. The highest BCUT2D eigenvalue weighted by Gasteiger charge is 2.26. The van der Waals surface area contributed by atoms with Crippen LogP contribution < -0.4 is 11.1 Å². The number of hydrogen-bond donors (Lipinski definition) is 2. The molecule has 3 N–H and O–H groups in total. The second-order valence-electron chi connectivity index (χ2n) is 5.97. The minimum atomic E-state index is -0.221. The molecule has 1 aliphatic heterocycles. The van der Waals surface area contributed by atoms with Crippen LogP contribution in [-0.2, 0) is 11.2 Å². The average Bonchev–Trinajstić information content (AvgIpc) is 2.84. The first kappa shape index (κ1) is 13.6. The van der Waals surface area contributed by atoms with Gasteiger partial charge in [-0.1, -0.05) is 24.3 Å². The van der Waals surface area contributed by atoms with Crippen molar-refractivity contribution in [1.29, 1.82) is 0 Å². The quantitative estimate of drug-likeness (QED) is 0.867. The number of nitrogens with two attached hydrogens (primary N) is 1. The van der Waals surface area contributed by atoms with Crippen LogP contribution in [0.4, 0.5) is 0 Å². The number of hydrogen-bond acceptors (Lipinski definition) is 3. The summed E-state index contributed by atoms with van der Waals surface area (Å²) in [5, 5.41) is 3.81. The van der Waals surface area contributed by atoms with Crippen LogP contribution in [-0.4, -0.2) is 36.5 Å². The third-order valence-electron chi connectivity index (χ3n) is 4.54. The summed E-state index contributed by atoms with van der Waals surface area (Å²) in [6, 6.07) is 9.83. The van der Waals surface area contributed by atoms with Crippen molar-refractivity contribution in [2.75, 3.05) is 19.6 Å². The van der Waals surface area contributed by atoms with E-state index >= 15 is 0 Å². The number of nitrogens with one attached hydrogen (secondary N) is 1. The van der Waals surface area contributed by atoms with Crippen LogP contribution in [0.2, 0.25) is 0 Å². The zero-order chi connectivity index (χ0) is 13.9. The van der Waals surface area contributed by atoms with Crippen molar-refractivity contribution in [1.82, 2.24) is 10.2 Å². The van der Waals surface area contributed by atoms with E-state index in [1.54, 1.807) is 0 Å². The SMILES string of the molecule is NC(=O)CN1CCC(NC2CCc3ccccc32)CC1. The lowest BCUT2D eigenvalue weighted by Crippen LogP contribution is -2.45. The Hall–Kier alpha value is -1.39. The van der Waals surface area contributed by atoms with Gasteiger partial charge in [-0.2, -0.15) is 0 Å². The molecule has 108 valence electrons. The number of primary amides is 1. The summed E-state index contributed by atoms with van der Waals surface area (Å²) in [6.45, 7) is 2.34. The summed E-state index contributed by atoms with van der Waals surface area (Å²) in [5.74, 6) is -0.221. The Morgan fingerprint density at radius 2 is 2.00 bits per heavy atom. The Labute approximate surface area is 120 Å². The van der Waals surface area contributed by atoms with Gasteiger partial charge in [-0.15, -0.1) is 0 Å². The van der Waals surface area contributed by atoms with Gasteiger partial charge in [0.05, 0.1) is 6.54 Å². The number of fused-ring (bicyclic) bond motifs is 1. The van der Waals surface area contributed by atoms with Crippen LogP contribution in [0.25, 0.3) is 0 Å². The van der Waals surface area contributed by atoms with Crippen molar-refractivity contribution < 1.29 is 4.79 Å². The molecule has 0 aromatic heterocycles. The second kappa shape index (κ2) is 5.94. The summed E-state index contributed by atoms with van der Waals surface area (Å²) in [5.41, 5.74) is 8.22. The lowest BCUT2D eigenvalue weighted by molar-refractivity contribution is -0.119. The maximum Gasteiger partial charge on any atom is 0.231 e. The van der Waals surface area contributed by atoms with Crippen molar-refractivity contribution in [2.24, 2.45) is 5.73 Å². The van der Waals surface area contributed by atoms with Gasteiger partial charge in [-0.25, -0.2) is 0 Å². The van der Waals surface area contributed by atoms with Crippen molar-refractivity contribution in [3.05, 3.63) is 35.4 Å². The Morgan fingerprint density at radius 3 is 2.75 bits per heavy atom. The monoisotopic (exact) mass is 273 g/mol. The molecular weight excluding hydrogens is 250 g/mol. The molecule has 0 radical (unpaired) electrons. The normalized spacial score (nSPS) is 23.7. The number of carbonyl (C=O) groups excluding carboxylic acids is 1. The Kier molecular flexibility index (Phi) is 4.03. The number of amides is 1. The molecule has 1 fully saturated rings. The Bertz CT molecular complexity index is 480. The van der Waals surface area contributed by atoms with Gasteiger partial charge in [0, 0.05) is 25.2 Å². The fourth-order valence-corrected chi connectivity index (χ4v) is 3.49. The molecule has 1 aromatic rings. The van der Waals surface area contributed by atoms with E-state index in [1.807, 2.05) is 0 Å². The van der Waals surface area contributed by atoms with Gasteiger partial charge in [-0.05, 0) is 36.8 Å². The van der Waals surface area contributed by atoms with Crippen LogP contribution in [0.1, 0.15) is 36.4 Å². The molecule has 1 unspecified atom stereocenters. The summed E-state index contributed by atoms with van der Waals surface area (Å²) < 4.78 is 0. The first-order valence-corrected chi connectivity index (χ1v) is 7.57. The molecule has 1 amide bonds. The van der Waals surface area contributed by atoms with E-state index in [9.17, 15) is 4.79 Å². The zero-order valence-electron chi connectivity index (χ0n) is 11.8. The molecule has 2 aliphatic rings. The highest BCUT2D eigenvalue weighted by Crippen LogP contribution is 2.31. The molecule has 4 heteroatoms. The standard InChI is InChI=1S/C16H23N3O/c17-16(20)11-19-9-7-13(8-10-19)18-15-6-5-12-3-1-2-4-14(12)15/h1-4,13,15,18H,5-11H2,(H2,17,20). The average molecular weight is 273 g/mol. The minimum Gasteiger partial charge on any atom is -0.369 e. The summed E-state index contributed by atoms with van der Waals surface area (Å²) in [4.78, 5) is 13.1. The maximum absolute atomic E-state index is 10.9. The Balaban J connectivity index is 1.52. The molecule has 4 nitrogen and oxygen atoms in total. The molecule has 20 heavy (non-hydrogen) atoms. The minimum absolute atomic E-state index is 0.221. The van der Waals surface area contributed by atoms with Crippen LogP contribution in [0.3, 0.4) is 0 Å². The van der Waals surface area contributed by atoms with E-state index in [-0.39, 0.29) is 5.91 Å². The highest BCUT2D eigenvalue weighted by molar-refractivity contribution is 5.75. The first-order chi connectivity index (χ1) is 9.72. The van der Waals surface area contributed by atoms with Gasteiger partial charge >= 0.3 is 0 Å². The largest absolute Gasteiger partial charge is 0.369 e. The van der Waals surface area contributed by atoms with E-state index in [0.717, 1.165) is 25.9 Å². The van der Waals surface area contributed by atoms with Gasteiger partial charge in [0.1, 0.15) is 0 Å². The van der Waals surface area contributed by atoms with Crippen LogP contribution in [0.5, 0.6) is 0 Å². The second-order valence-corrected chi connectivity index (χ2v) is 5.97. The van der Waals surface area contributed by atoms with Crippen LogP contribution in [0, 0.1) is 0 Å². The predicted octanol–water partition coefficient (Wildman–Crippen LogP) is 1.21. The molecule has 3 rings (SSSR count). The van der Waals surface area contributed by atoms with Crippen LogP contribution >= 0.6 is 0 Å². The molecule has 1 saturated heterocycles. The maximum atomic E-state index is 10.9. The van der Waals surface area contributed by atoms with E-state index in [2.05, 4.69) is 34.5 Å². The smallest absolute Gasteiger partial charge is 0.231 e. The molecular formula is C16H23N3O. The van der Waals surface area contributed by atoms with Crippen molar-refractivity contribution in [3.8, 4) is 0 Å². The zero-order valence-corrected chi connectivity index (χ0v) is 11.8. The van der Waals surface area contributed by atoms with Crippen molar-refractivity contribution >= 4 is 5.91 Å². The van der Waals surface area contributed by atoms with Gasteiger partial charge in [0.2, 0.25) is 5.91 Å². The number of piperidine rings is 1. The molecule has 1 heterocycles. The number of benzene rings is 1. The number of aryl methyl sites for hydroxylation is 1. The van der Waals surface area contributed by atoms with Crippen molar-refractivity contribution in [3.63, 3.8) is 0 Å². The van der Waals surface area contributed by atoms with Crippen molar-refractivity contribution in [2.45, 2.75) is 37.8 Å². The Morgan fingerprint density at radius 1 is 1.25 bits per heavy atom. The van der Waals surface area contributed by atoms with Gasteiger partial charge < -0.3 is 11.1 Å². The lowest BCUT2D eigenvalue weighted by atomic mass is 10.0. The molecule has 1 atom stereocenters. The summed E-state index contributed by atoms with van der Waals surface area (Å²) >= 11 is 0. The third kappa shape index (κ3) is 3.02. The molecule has 0 spiro atoms. The molecule has 0 saturated carbocycles. The van der Waals surface area contributed by atoms with E-state index < -0.39 is 0 Å². The molecule has 0 bridgehead atoms. The number of nitrogens with zero attached hydrogens (tertiary/aromatic N) is 1. The number of likely N-dealkylation sites (tertiary alicyclic amines) is 1. The topological polar surface area (TPSA) is 58.4 Å². The number of carbonyl (C=O) groups is 1. The first-order valence-electron chi connectivity index (χ1n) is 7.57. The van der Waals surface area contributed by atoms with E-state index in [0.29, 0.717) is 18.6 Å². The highest BCUT2D eigenvalue weighted by atomic mass is 16.1. The number of rotatable bonds is 4. The molecule has 1 aliphatic carbocycles.